The third kappa shape index (κ3) is 3.74. The molecular weight excluding hydrogens is 188 g/mol. The molecular formula is C12H26N2O. The molecule has 1 atom stereocenters. The second kappa shape index (κ2) is 6.46. The zero-order chi connectivity index (χ0) is 11.1. The van der Waals surface area contributed by atoms with Gasteiger partial charge in [0.2, 0.25) is 0 Å². The van der Waals surface area contributed by atoms with Crippen molar-refractivity contribution in [1.82, 2.24) is 10.6 Å². The van der Waals surface area contributed by atoms with Gasteiger partial charge in [0.1, 0.15) is 0 Å². The fourth-order valence-corrected chi connectivity index (χ4v) is 2.22. The quantitative estimate of drug-likeness (QED) is 0.595. The number of rotatable bonds is 7. The normalized spacial score (nSPS) is 22.2. The van der Waals surface area contributed by atoms with Gasteiger partial charge in [0.25, 0.3) is 0 Å². The minimum Gasteiger partial charge on any atom is -0.396 e. The van der Waals surface area contributed by atoms with Crippen molar-refractivity contribution in [3.8, 4) is 0 Å². The van der Waals surface area contributed by atoms with E-state index in [1.807, 2.05) is 0 Å². The number of nitrogens with one attached hydrogen (secondary N) is 2. The van der Waals surface area contributed by atoms with E-state index in [0.29, 0.717) is 12.6 Å². The Morgan fingerprint density at radius 1 is 1.40 bits per heavy atom. The van der Waals surface area contributed by atoms with Crippen LogP contribution in [0, 0.1) is 5.41 Å². The molecule has 1 aliphatic heterocycles. The van der Waals surface area contributed by atoms with Gasteiger partial charge in [-0.2, -0.15) is 0 Å². The van der Waals surface area contributed by atoms with Gasteiger partial charge in [-0.05, 0) is 32.2 Å². The Hall–Kier alpha value is -0.120. The summed E-state index contributed by atoms with van der Waals surface area (Å²) < 4.78 is 0. The summed E-state index contributed by atoms with van der Waals surface area (Å²) in [4.78, 5) is 0. The van der Waals surface area contributed by atoms with E-state index in [1.54, 1.807) is 0 Å². The number of aliphatic hydroxyl groups is 1. The lowest BCUT2D eigenvalue weighted by Crippen LogP contribution is -2.41. The molecule has 0 bridgehead atoms. The molecule has 90 valence electrons. The molecule has 0 aliphatic carbocycles. The molecule has 1 heterocycles. The van der Waals surface area contributed by atoms with Gasteiger partial charge in [0.15, 0.2) is 0 Å². The van der Waals surface area contributed by atoms with Gasteiger partial charge in [0.05, 0.1) is 0 Å². The van der Waals surface area contributed by atoms with Crippen LogP contribution in [0.2, 0.25) is 0 Å². The second-order valence-electron chi connectivity index (χ2n) is 4.79. The summed E-state index contributed by atoms with van der Waals surface area (Å²) in [5.41, 5.74) is 0.0958. The lowest BCUT2D eigenvalue weighted by atomic mass is 9.83. The van der Waals surface area contributed by atoms with Crippen LogP contribution in [0.4, 0.5) is 0 Å². The van der Waals surface area contributed by atoms with Gasteiger partial charge in [-0.25, -0.2) is 0 Å². The second-order valence-corrected chi connectivity index (χ2v) is 4.79. The van der Waals surface area contributed by atoms with Crippen LogP contribution in [0.25, 0.3) is 0 Å². The summed E-state index contributed by atoms with van der Waals surface area (Å²) in [6, 6.07) is 0.648. The first-order valence-corrected chi connectivity index (χ1v) is 6.31. The molecule has 0 amide bonds. The molecule has 0 aromatic carbocycles. The highest BCUT2D eigenvalue weighted by atomic mass is 16.3. The van der Waals surface area contributed by atoms with E-state index in [2.05, 4.69) is 24.5 Å². The van der Waals surface area contributed by atoms with Gasteiger partial charge >= 0.3 is 0 Å². The Kier molecular flexibility index (Phi) is 5.58. The first-order valence-electron chi connectivity index (χ1n) is 6.31. The molecule has 0 aromatic rings. The SMILES string of the molecule is CCC(CC)(CO)CNCC1CCCN1. The fourth-order valence-electron chi connectivity index (χ4n) is 2.22. The van der Waals surface area contributed by atoms with Gasteiger partial charge in [-0.15, -0.1) is 0 Å². The van der Waals surface area contributed by atoms with E-state index < -0.39 is 0 Å². The molecule has 3 heteroatoms. The van der Waals surface area contributed by atoms with Crippen molar-refractivity contribution in [2.24, 2.45) is 5.41 Å². The van der Waals surface area contributed by atoms with Crippen molar-refractivity contribution in [3.05, 3.63) is 0 Å². The molecule has 3 N–H and O–H groups in total. The Balaban J connectivity index is 2.21. The minimum atomic E-state index is 0.0958. The first-order chi connectivity index (χ1) is 7.26. The maximum Gasteiger partial charge on any atom is 0.0499 e. The summed E-state index contributed by atoms with van der Waals surface area (Å²) in [6.45, 7) is 7.77. The van der Waals surface area contributed by atoms with E-state index in [-0.39, 0.29) is 5.41 Å². The standard InChI is InChI=1S/C12H26N2O/c1-3-12(4-2,10-15)9-13-8-11-6-5-7-14-11/h11,13-15H,3-10H2,1-2H3. The van der Waals surface area contributed by atoms with Crippen LogP contribution in [-0.4, -0.2) is 37.4 Å². The predicted molar refractivity (Wildman–Crippen MR) is 64.0 cm³/mol. The van der Waals surface area contributed by atoms with Crippen molar-refractivity contribution in [3.63, 3.8) is 0 Å². The zero-order valence-electron chi connectivity index (χ0n) is 10.2. The van der Waals surface area contributed by atoms with Gasteiger partial charge in [-0.3, -0.25) is 0 Å². The maximum absolute atomic E-state index is 9.41. The largest absolute Gasteiger partial charge is 0.396 e. The van der Waals surface area contributed by atoms with Crippen molar-refractivity contribution >= 4 is 0 Å². The summed E-state index contributed by atoms with van der Waals surface area (Å²) in [7, 11) is 0. The van der Waals surface area contributed by atoms with Crippen LogP contribution >= 0.6 is 0 Å². The topological polar surface area (TPSA) is 44.3 Å². The van der Waals surface area contributed by atoms with Crippen LogP contribution in [-0.2, 0) is 0 Å². The average molecular weight is 214 g/mol. The van der Waals surface area contributed by atoms with Crippen molar-refractivity contribution in [1.29, 1.82) is 0 Å². The predicted octanol–water partition coefficient (Wildman–Crippen LogP) is 1.13. The van der Waals surface area contributed by atoms with Gasteiger partial charge in [0, 0.05) is 31.2 Å². The van der Waals surface area contributed by atoms with Crippen LogP contribution in [0.15, 0.2) is 0 Å². The third-order valence-electron chi connectivity index (χ3n) is 3.89. The van der Waals surface area contributed by atoms with E-state index in [1.165, 1.54) is 19.4 Å². The van der Waals surface area contributed by atoms with Crippen molar-refractivity contribution in [2.75, 3.05) is 26.2 Å². The first kappa shape index (κ1) is 12.9. The van der Waals surface area contributed by atoms with Gasteiger partial charge < -0.3 is 15.7 Å². The highest BCUT2D eigenvalue weighted by molar-refractivity contribution is 4.81. The molecule has 3 nitrogen and oxygen atoms in total. The van der Waals surface area contributed by atoms with E-state index >= 15 is 0 Å². The molecule has 1 rings (SSSR count). The van der Waals surface area contributed by atoms with E-state index in [4.69, 9.17) is 0 Å². The zero-order valence-corrected chi connectivity index (χ0v) is 10.2. The molecule has 0 aromatic heterocycles. The number of hydrogen-bond acceptors (Lipinski definition) is 3. The van der Waals surface area contributed by atoms with Crippen LogP contribution in [0.3, 0.4) is 0 Å². The number of hydrogen-bond donors (Lipinski definition) is 3. The Bertz CT molecular complexity index is 155. The smallest absolute Gasteiger partial charge is 0.0499 e. The lowest BCUT2D eigenvalue weighted by molar-refractivity contribution is 0.113. The molecule has 1 aliphatic rings. The number of aliphatic hydroxyl groups excluding tert-OH is 1. The van der Waals surface area contributed by atoms with Crippen molar-refractivity contribution in [2.45, 2.75) is 45.6 Å². The average Bonchev–Trinajstić information content (AvgIpc) is 2.78. The monoisotopic (exact) mass is 214 g/mol. The molecule has 0 radical (unpaired) electrons. The molecule has 0 spiro atoms. The highest BCUT2D eigenvalue weighted by Crippen LogP contribution is 2.24. The van der Waals surface area contributed by atoms with E-state index in [0.717, 1.165) is 25.9 Å². The highest BCUT2D eigenvalue weighted by Gasteiger charge is 2.25. The van der Waals surface area contributed by atoms with Crippen LogP contribution in [0.5, 0.6) is 0 Å². The molecule has 15 heavy (non-hydrogen) atoms. The lowest BCUT2D eigenvalue weighted by Gasteiger charge is -2.30. The van der Waals surface area contributed by atoms with Gasteiger partial charge in [-0.1, -0.05) is 13.8 Å². The summed E-state index contributed by atoms with van der Waals surface area (Å²) in [5.74, 6) is 0. The van der Waals surface area contributed by atoms with Crippen LogP contribution in [0.1, 0.15) is 39.5 Å². The Morgan fingerprint density at radius 3 is 2.60 bits per heavy atom. The third-order valence-corrected chi connectivity index (χ3v) is 3.89. The van der Waals surface area contributed by atoms with Crippen LogP contribution < -0.4 is 10.6 Å². The molecule has 1 fully saturated rings. The molecule has 1 saturated heterocycles. The molecule has 1 unspecified atom stereocenters. The Morgan fingerprint density at radius 2 is 2.13 bits per heavy atom. The fraction of sp³-hybridized carbons (Fsp3) is 1.00. The maximum atomic E-state index is 9.41. The van der Waals surface area contributed by atoms with E-state index in [9.17, 15) is 5.11 Å². The summed E-state index contributed by atoms with van der Waals surface area (Å²) >= 11 is 0. The summed E-state index contributed by atoms with van der Waals surface area (Å²) in [6.07, 6.45) is 4.69. The summed E-state index contributed by atoms with van der Waals surface area (Å²) in [5, 5.41) is 16.4. The Labute approximate surface area is 93.6 Å². The van der Waals surface area contributed by atoms with Crippen molar-refractivity contribution < 1.29 is 5.11 Å². The molecule has 0 saturated carbocycles. The minimum absolute atomic E-state index is 0.0958.